The first kappa shape index (κ1) is 27.1. The summed E-state index contributed by atoms with van der Waals surface area (Å²) in [4.78, 5) is 25.4. The molecule has 7 nitrogen and oxygen atoms in total. The molecule has 1 amide bonds. The van der Waals surface area contributed by atoms with Crippen LogP contribution in [0.5, 0.6) is 0 Å². The molecule has 1 saturated heterocycles. The van der Waals surface area contributed by atoms with Gasteiger partial charge in [-0.25, -0.2) is 9.97 Å². The van der Waals surface area contributed by atoms with Crippen LogP contribution in [0.15, 0.2) is 54.9 Å². The number of nitrogens with one attached hydrogen (secondary N) is 2. The van der Waals surface area contributed by atoms with Gasteiger partial charge in [0.05, 0.1) is 5.56 Å². The molecule has 0 radical (unpaired) electrons. The number of likely N-dealkylation sites (N-methyl/N-ethyl adjacent to an activating group) is 1. The van der Waals surface area contributed by atoms with Crippen molar-refractivity contribution in [2.45, 2.75) is 19.6 Å². The average molecular weight is 523 g/mol. The van der Waals surface area contributed by atoms with Gasteiger partial charge < -0.3 is 15.5 Å². The number of hydrogen-bond acceptors (Lipinski definition) is 6. The highest BCUT2D eigenvalue weighted by molar-refractivity contribution is 6.04. The molecule has 2 N–H and O–H groups in total. The number of alkyl halides is 3. The molecule has 4 rings (SSSR count). The van der Waals surface area contributed by atoms with Crippen LogP contribution in [0.4, 0.5) is 24.8 Å². The van der Waals surface area contributed by atoms with Crippen LogP contribution >= 0.6 is 0 Å². The summed E-state index contributed by atoms with van der Waals surface area (Å²) in [7, 11) is 1.77. The second-order valence-electron chi connectivity index (χ2n) is 8.90. The first-order valence-corrected chi connectivity index (χ1v) is 12.3. The fourth-order valence-electron chi connectivity index (χ4n) is 4.15. The Bertz CT molecular complexity index is 1320. The van der Waals surface area contributed by atoms with E-state index in [0.29, 0.717) is 24.2 Å². The zero-order chi connectivity index (χ0) is 27.1. The molecule has 3 aromatic rings. The van der Waals surface area contributed by atoms with Crippen molar-refractivity contribution in [1.29, 1.82) is 0 Å². The monoisotopic (exact) mass is 522 g/mol. The molecule has 198 valence electrons. The molecule has 0 saturated carbocycles. The lowest BCUT2D eigenvalue weighted by Gasteiger charge is -2.34. The Balaban J connectivity index is 1.47. The summed E-state index contributed by atoms with van der Waals surface area (Å²) in [6, 6.07) is 10.6. The summed E-state index contributed by atoms with van der Waals surface area (Å²) >= 11 is 0. The quantitative estimate of drug-likeness (QED) is 0.470. The fraction of sp³-hybridized carbons (Fsp3) is 0.321. The van der Waals surface area contributed by atoms with E-state index in [0.717, 1.165) is 31.5 Å². The van der Waals surface area contributed by atoms with Gasteiger partial charge in [-0.1, -0.05) is 24.8 Å². The van der Waals surface area contributed by atoms with Crippen LogP contribution in [0, 0.1) is 11.8 Å². The lowest BCUT2D eigenvalue weighted by atomic mass is 10.0. The minimum Gasteiger partial charge on any atom is -0.373 e. The Morgan fingerprint density at radius 1 is 0.947 bits per heavy atom. The van der Waals surface area contributed by atoms with Crippen LogP contribution in [0.3, 0.4) is 0 Å². The SMILES string of the molecule is CCN1CCN(Cc2ccc(C(=O)Nc3cc(C#Cc4ccc(NC)nc4)ccn3)cc2C(F)(F)F)CC1. The van der Waals surface area contributed by atoms with Crippen LogP contribution in [-0.2, 0) is 12.7 Å². The second kappa shape index (κ2) is 12.1. The van der Waals surface area contributed by atoms with Crippen LogP contribution in [0.25, 0.3) is 0 Å². The maximum atomic E-state index is 13.9. The number of anilines is 2. The van der Waals surface area contributed by atoms with E-state index < -0.39 is 17.6 Å². The molecular weight excluding hydrogens is 493 g/mol. The van der Waals surface area contributed by atoms with Crippen molar-refractivity contribution in [3.63, 3.8) is 0 Å². The molecule has 0 spiro atoms. The second-order valence-corrected chi connectivity index (χ2v) is 8.90. The van der Waals surface area contributed by atoms with Crippen molar-refractivity contribution < 1.29 is 18.0 Å². The molecule has 0 atom stereocenters. The number of rotatable bonds is 6. The number of amides is 1. The largest absolute Gasteiger partial charge is 0.416 e. The van der Waals surface area contributed by atoms with E-state index in [-0.39, 0.29) is 23.5 Å². The molecule has 1 aliphatic heterocycles. The van der Waals surface area contributed by atoms with Crippen molar-refractivity contribution >= 4 is 17.5 Å². The number of halogens is 3. The van der Waals surface area contributed by atoms with Crippen LogP contribution < -0.4 is 10.6 Å². The third-order valence-corrected chi connectivity index (χ3v) is 6.36. The maximum Gasteiger partial charge on any atom is 0.416 e. The number of carbonyl (C=O) groups is 1. The summed E-state index contributed by atoms with van der Waals surface area (Å²) in [5.41, 5.74) is 0.562. The first-order chi connectivity index (χ1) is 18.2. The van der Waals surface area contributed by atoms with Gasteiger partial charge in [-0.15, -0.1) is 0 Å². The number of piperazine rings is 1. The summed E-state index contributed by atoms with van der Waals surface area (Å²) in [5.74, 6) is 6.19. The molecule has 0 aliphatic carbocycles. The van der Waals surface area contributed by atoms with Crippen molar-refractivity contribution in [1.82, 2.24) is 19.8 Å². The standard InChI is InChI=1S/C28H29F3N6O/c1-3-36-12-14-37(15-13-36)19-23-8-7-22(17-24(23)28(29,30)31)27(38)35-26-16-20(10-11-33-26)4-5-21-6-9-25(32-2)34-18-21/h6-11,16-18H,3,12-15,19H2,1-2H3,(H,32,34)(H,33,35,38). The lowest BCUT2D eigenvalue weighted by Crippen LogP contribution is -2.45. The molecule has 0 unspecified atom stereocenters. The third kappa shape index (κ3) is 7.09. The van der Waals surface area contributed by atoms with E-state index in [2.05, 4.69) is 44.3 Å². The predicted molar refractivity (Wildman–Crippen MR) is 141 cm³/mol. The van der Waals surface area contributed by atoms with Gasteiger partial charge in [0, 0.05) is 68.9 Å². The van der Waals surface area contributed by atoms with E-state index >= 15 is 0 Å². The zero-order valence-corrected chi connectivity index (χ0v) is 21.3. The normalized spacial score (nSPS) is 14.4. The van der Waals surface area contributed by atoms with Crippen LogP contribution in [-0.4, -0.2) is 65.4 Å². The molecule has 1 fully saturated rings. The van der Waals surface area contributed by atoms with Gasteiger partial charge in [-0.2, -0.15) is 13.2 Å². The lowest BCUT2D eigenvalue weighted by molar-refractivity contribution is -0.138. The van der Waals surface area contributed by atoms with Crippen molar-refractivity contribution in [2.24, 2.45) is 0 Å². The molecule has 10 heteroatoms. The Morgan fingerprint density at radius 3 is 2.34 bits per heavy atom. The van der Waals surface area contributed by atoms with Gasteiger partial charge in [0.25, 0.3) is 5.91 Å². The first-order valence-electron chi connectivity index (χ1n) is 12.3. The van der Waals surface area contributed by atoms with Crippen molar-refractivity contribution in [3.05, 3.63) is 82.7 Å². The molecule has 1 aromatic carbocycles. The van der Waals surface area contributed by atoms with Gasteiger partial charge in [-0.3, -0.25) is 9.69 Å². The molecule has 1 aliphatic rings. The molecule has 3 heterocycles. The Kier molecular flexibility index (Phi) is 8.61. The minimum absolute atomic E-state index is 0.0918. The Labute approximate surface area is 220 Å². The highest BCUT2D eigenvalue weighted by Gasteiger charge is 2.34. The van der Waals surface area contributed by atoms with E-state index in [1.165, 1.54) is 18.3 Å². The van der Waals surface area contributed by atoms with E-state index in [9.17, 15) is 18.0 Å². The van der Waals surface area contributed by atoms with Gasteiger partial charge in [-0.05, 0) is 48.5 Å². The van der Waals surface area contributed by atoms with Gasteiger partial charge in [0.2, 0.25) is 0 Å². The maximum absolute atomic E-state index is 13.9. The molecule has 0 bridgehead atoms. The highest BCUT2D eigenvalue weighted by atomic mass is 19.4. The van der Waals surface area contributed by atoms with Gasteiger partial charge >= 0.3 is 6.18 Å². The van der Waals surface area contributed by atoms with Crippen LogP contribution in [0.1, 0.15) is 39.5 Å². The predicted octanol–water partition coefficient (Wildman–Crippen LogP) is 4.33. The van der Waals surface area contributed by atoms with Gasteiger partial charge in [0.1, 0.15) is 11.6 Å². The van der Waals surface area contributed by atoms with Crippen molar-refractivity contribution in [2.75, 3.05) is 50.4 Å². The number of benzene rings is 1. The smallest absolute Gasteiger partial charge is 0.373 e. The number of pyridine rings is 2. The topological polar surface area (TPSA) is 73.4 Å². The average Bonchev–Trinajstić information content (AvgIpc) is 2.92. The number of hydrogen-bond donors (Lipinski definition) is 2. The summed E-state index contributed by atoms with van der Waals surface area (Å²) in [6.07, 6.45) is -1.47. The Hall–Kier alpha value is -3.94. The molecule has 38 heavy (non-hydrogen) atoms. The summed E-state index contributed by atoms with van der Waals surface area (Å²) in [5, 5.41) is 5.51. The van der Waals surface area contributed by atoms with Gasteiger partial charge in [0.15, 0.2) is 0 Å². The third-order valence-electron chi connectivity index (χ3n) is 6.36. The number of carbonyl (C=O) groups excluding carboxylic acids is 1. The van der Waals surface area contributed by atoms with Crippen molar-refractivity contribution in [3.8, 4) is 11.8 Å². The molecular formula is C28H29F3N6O. The summed E-state index contributed by atoms with van der Waals surface area (Å²) < 4.78 is 41.7. The van der Waals surface area contributed by atoms with E-state index in [4.69, 9.17) is 0 Å². The Morgan fingerprint density at radius 2 is 1.68 bits per heavy atom. The summed E-state index contributed by atoms with van der Waals surface area (Å²) in [6.45, 7) is 6.25. The minimum atomic E-state index is -4.58. The fourth-order valence-corrected chi connectivity index (χ4v) is 4.15. The van der Waals surface area contributed by atoms with Crippen LogP contribution in [0.2, 0.25) is 0 Å². The zero-order valence-electron chi connectivity index (χ0n) is 21.3. The van der Waals surface area contributed by atoms with E-state index in [1.54, 1.807) is 31.4 Å². The molecule has 2 aromatic heterocycles. The van der Waals surface area contributed by atoms with E-state index in [1.807, 2.05) is 11.0 Å². The number of aromatic nitrogens is 2. The number of nitrogens with zero attached hydrogens (tertiary/aromatic N) is 4. The highest BCUT2D eigenvalue weighted by Crippen LogP contribution is 2.33.